The Labute approximate surface area is 92.0 Å². The minimum absolute atomic E-state index is 0.224. The molecule has 0 saturated carbocycles. The molecule has 84 valence electrons. The largest absolute Gasteiger partial charge is 0.454 e. The van der Waals surface area contributed by atoms with Crippen molar-refractivity contribution in [2.45, 2.75) is 46.1 Å². The fourth-order valence-corrected chi connectivity index (χ4v) is 2.39. The van der Waals surface area contributed by atoms with Crippen LogP contribution in [-0.4, -0.2) is 11.6 Å². The number of allylic oxidation sites excluding steroid dienone is 1. The third kappa shape index (κ3) is 2.31. The summed E-state index contributed by atoms with van der Waals surface area (Å²) < 4.78 is 5.50. The van der Waals surface area contributed by atoms with Crippen LogP contribution in [0.25, 0.3) is 0 Å². The molecule has 0 heterocycles. The molecule has 0 aliphatic heterocycles. The zero-order chi connectivity index (χ0) is 11.6. The standard InChI is InChI=1S/C13H20O2/c1-9(2)12-8-6-7-10(3)13(12,5)15-11(4)14/h7,12H,1,6,8H2,2-5H3/t12-,13+/m1/s1. The molecule has 15 heavy (non-hydrogen) atoms. The quantitative estimate of drug-likeness (QED) is 0.514. The molecule has 0 unspecified atom stereocenters. The molecular weight excluding hydrogens is 188 g/mol. The van der Waals surface area contributed by atoms with Gasteiger partial charge >= 0.3 is 5.97 Å². The Morgan fingerprint density at radius 1 is 1.60 bits per heavy atom. The maximum atomic E-state index is 11.2. The normalized spacial score (nSPS) is 30.7. The first-order valence-electron chi connectivity index (χ1n) is 5.40. The van der Waals surface area contributed by atoms with Crippen molar-refractivity contribution in [3.05, 3.63) is 23.8 Å². The lowest BCUT2D eigenvalue weighted by Crippen LogP contribution is -2.42. The minimum atomic E-state index is -0.490. The van der Waals surface area contributed by atoms with Crippen molar-refractivity contribution >= 4 is 5.97 Å². The lowest BCUT2D eigenvalue weighted by molar-refractivity contribution is -0.156. The summed E-state index contributed by atoms with van der Waals surface area (Å²) in [4.78, 5) is 11.2. The van der Waals surface area contributed by atoms with Crippen LogP contribution in [0, 0.1) is 5.92 Å². The van der Waals surface area contributed by atoms with Crippen molar-refractivity contribution < 1.29 is 9.53 Å². The minimum Gasteiger partial charge on any atom is -0.454 e. The monoisotopic (exact) mass is 208 g/mol. The van der Waals surface area contributed by atoms with Crippen LogP contribution >= 0.6 is 0 Å². The molecule has 0 spiro atoms. The van der Waals surface area contributed by atoms with Crippen molar-refractivity contribution in [3.63, 3.8) is 0 Å². The Balaban J connectivity index is 3.04. The average molecular weight is 208 g/mol. The van der Waals surface area contributed by atoms with E-state index in [0.29, 0.717) is 0 Å². The van der Waals surface area contributed by atoms with E-state index in [1.807, 2.05) is 20.8 Å². The Bertz CT molecular complexity index is 314. The van der Waals surface area contributed by atoms with Gasteiger partial charge in [0.15, 0.2) is 0 Å². The fraction of sp³-hybridized carbons (Fsp3) is 0.615. The van der Waals surface area contributed by atoms with Crippen molar-refractivity contribution in [2.24, 2.45) is 5.92 Å². The van der Waals surface area contributed by atoms with Gasteiger partial charge in [-0.15, -0.1) is 0 Å². The Hall–Kier alpha value is -1.05. The molecule has 0 amide bonds. The van der Waals surface area contributed by atoms with Crippen molar-refractivity contribution in [2.75, 3.05) is 0 Å². The van der Waals surface area contributed by atoms with E-state index in [9.17, 15) is 4.79 Å². The highest BCUT2D eigenvalue weighted by molar-refractivity contribution is 5.67. The lowest BCUT2D eigenvalue weighted by atomic mass is 9.73. The van der Waals surface area contributed by atoms with Gasteiger partial charge in [0.2, 0.25) is 0 Å². The van der Waals surface area contributed by atoms with Gasteiger partial charge in [-0.1, -0.05) is 18.2 Å². The molecule has 0 aromatic rings. The number of esters is 1. The summed E-state index contributed by atoms with van der Waals surface area (Å²) in [5, 5.41) is 0. The molecule has 2 atom stereocenters. The molecule has 0 aromatic heterocycles. The first-order valence-corrected chi connectivity index (χ1v) is 5.40. The van der Waals surface area contributed by atoms with Gasteiger partial charge in [-0.3, -0.25) is 4.79 Å². The highest BCUT2D eigenvalue weighted by Crippen LogP contribution is 2.40. The molecular formula is C13H20O2. The van der Waals surface area contributed by atoms with E-state index in [0.717, 1.165) is 24.0 Å². The molecule has 0 fully saturated rings. The molecule has 0 bridgehead atoms. The number of hydrogen-bond donors (Lipinski definition) is 0. The summed E-state index contributed by atoms with van der Waals surface area (Å²) in [7, 11) is 0. The van der Waals surface area contributed by atoms with E-state index < -0.39 is 5.60 Å². The second-order valence-corrected chi connectivity index (χ2v) is 4.56. The molecule has 1 rings (SSSR count). The summed E-state index contributed by atoms with van der Waals surface area (Å²) >= 11 is 0. The van der Waals surface area contributed by atoms with E-state index >= 15 is 0 Å². The zero-order valence-electron chi connectivity index (χ0n) is 10.1. The van der Waals surface area contributed by atoms with Gasteiger partial charge in [0.05, 0.1) is 0 Å². The van der Waals surface area contributed by atoms with Gasteiger partial charge < -0.3 is 4.74 Å². The number of ether oxygens (including phenoxy) is 1. The van der Waals surface area contributed by atoms with Gasteiger partial charge in [0.25, 0.3) is 0 Å². The first-order chi connectivity index (χ1) is 6.88. The van der Waals surface area contributed by atoms with Crippen LogP contribution < -0.4 is 0 Å². The summed E-state index contributed by atoms with van der Waals surface area (Å²) in [5.41, 5.74) is 1.73. The summed E-state index contributed by atoms with van der Waals surface area (Å²) in [5.74, 6) is 0.0183. The van der Waals surface area contributed by atoms with Gasteiger partial charge in [0.1, 0.15) is 5.60 Å². The molecule has 2 nitrogen and oxygen atoms in total. The van der Waals surface area contributed by atoms with Crippen LogP contribution in [0.15, 0.2) is 23.8 Å². The van der Waals surface area contributed by atoms with E-state index in [4.69, 9.17) is 4.74 Å². The first kappa shape index (κ1) is 12.0. The highest BCUT2D eigenvalue weighted by Gasteiger charge is 2.40. The number of hydrogen-bond acceptors (Lipinski definition) is 2. The zero-order valence-corrected chi connectivity index (χ0v) is 10.1. The number of carbonyl (C=O) groups excluding carboxylic acids is 1. The highest BCUT2D eigenvalue weighted by atomic mass is 16.6. The van der Waals surface area contributed by atoms with Gasteiger partial charge in [-0.25, -0.2) is 0 Å². The van der Waals surface area contributed by atoms with E-state index in [1.54, 1.807) is 0 Å². The molecule has 1 aliphatic rings. The predicted octanol–water partition coefficient (Wildman–Crippen LogP) is 3.24. The third-order valence-electron chi connectivity index (χ3n) is 3.30. The Morgan fingerprint density at radius 2 is 2.20 bits per heavy atom. The lowest BCUT2D eigenvalue weighted by Gasteiger charge is -2.41. The molecule has 0 radical (unpaired) electrons. The molecule has 0 aromatic carbocycles. The fourth-order valence-electron chi connectivity index (χ4n) is 2.39. The molecule has 0 saturated heterocycles. The van der Waals surface area contributed by atoms with E-state index in [1.165, 1.54) is 6.92 Å². The Morgan fingerprint density at radius 3 is 2.67 bits per heavy atom. The molecule has 0 N–H and O–H groups in total. The number of rotatable bonds is 2. The summed E-state index contributed by atoms with van der Waals surface area (Å²) in [6.45, 7) is 11.5. The van der Waals surface area contributed by atoms with Crippen LogP contribution in [-0.2, 0) is 9.53 Å². The maximum Gasteiger partial charge on any atom is 0.303 e. The van der Waals surface area contributed by atoms with Crippen molar-refractivity contribution in [1.82, 2.24) is 0 Å². The maximum absolute atomic E-state index is 11.2. The second-order valence-electron chi connectivity index (χ2n) is 4.56. The summed E-state index contributed by atoms with van der Waals surface area (Å²) in [6.07, 6.45) is 4.21. The smallest absolute Gasteiger partial charge is 0.303 e. The van der Waals surface area contributed by atoms with Crippen LogP contribution in [0.2, 0.25) is 0 Å². The molecule has 2 heteroatoms. The van der Waals surface area contributed by atoms with Crippen LogP contribution in [0.1, 0.15) is 40.5 Å². The van der Waals surface area contributed by atoms with Crippen LogP contribution in [0.5, 0.6) is 0 Å². The van der Waals surface area contributed by atoms with E-state index in [-0.39, 0.29) is 11.9 Å². The number of carbonyl (C=O) groups is 1. The average Bonchev–Trinajstić information content (AvgIpc) is 2.08. The van der Waals surface area contributed by atoms with Crippen LogP contribution in [0.3, 0.4) is 0 Å². The summed E-state index contributed by atoms with van der Waals surface area (Å²) in [6, 6.07) is 0. The topological polar surface area (TPSA) is 26.3 Å². The van der Waals surface area contributed by atoms with Gasteiger partial charge in [-0.2, -0.15) is 0 Å². The third-order valence-corrected chi connectivity index (χ3v) is 3.30. The SMILES string of the molecule is C=C(C)[C@H]1CCC=C(C)[C@]1(C)OC(C)=O. The Kier molecular flexibility index (Phi) is 3.38. The van der Waals surface area contributed by atoms with Gasteiger partial charge in [-0.05, 0) is 39.2 Å². The van der Waals surface area contributed by atoms with Crippen molar-refractivity contribution in [1.29, 1.82) is 0 Å². The van der Waals surface area contributed by atoms with E-state index in [2.05, 4.69) is 12.7 Å². The molecule has 1 aliphatic carbocycles. The second kappa shape index (κ2) is 4.21. The van der Waals surface area contributed by atoms with Crippen LogP contribution in [0.4, 0.5) is 0 Å². The predicted molar refractivity (Wildman–Crippen MR) is 61.5 cm³/mol. The van der Waals surface area contributed by atoms with Crippen molar-refractivity contribution in [3.8, 4) is 0 Å². The van der Waals surface area contributed by atoms with Gasteiger partial charge in [0, 0.05) is 12.8 Å².